The smallest absolute Gasteiger partial charge is 0.230 e. The van der Waals surface area contributed by atoms with Gasteiger partial charge >= 0.3 is 0 Å². The van der Waals surface area contributed by atoms with Crippen LogP contribution in [-0.2, 0) is 4.79 Å². The van der Waals surface area contributed by atoms with Gasteiger partial charge in [0.1, 0.15) is 0 Å². The van der Waals surface area contributed by atoms with Gasteiger partial charge in [0, 0.05) is 15.9 Å². The molecular weight excluding hydrogens is 449 g/mol. The van der Waals surface area contributed by atoms with Gasteiger partial charge in [0.05, 0.1) is 15.7 Å². The number of hydrogen-bond acceptors (Lipinski definition) is 3. The molecule has 31 heavy (non-hydrogen) atoms. The SMILES string of the molecule is CC(C)CCC1(C(=O)Nc2cc(Cl)c(Cl)cc2SC(=O)c2ccccc2)CCCCC1. The molecule has 2 aromatic rings. The van der Waals surface area contributed by atoms with Crippen LogP contribution in [-0.4, -0.2) is 11.0 Å². The average molecular weight is 478 g/mol. The van der Waals surface area contributed by atoms with Crippen molar-refractivity contribution in [2.24, 2.45) is 11.3 Å². The first kappa shape index (κ1) is 24.2. The van der Waals surface area contributed by atoms with Crippen LogP contribution in [0.4, 0.5) is 5.69 Å². The van der Waals surface area contributed by atoms with Crippen LogP contribution in [0.15, 0.2) is 47.4 Å². The fourth-order valence-electron chi connectivity index (χ4n) is 4.08. The first-order valence-corrected chi connectivity index (χ1v) is 12.5. The highest BCUT2D eigenvalue weighted by molar-refractivity contribution is 8.14. The molecule has 0 aromatic heterocycles. The minimum absolute atomic E-state index is 0.0280. The fraction of sp³-hybridized carbons (Fsp3) is 0.440. The number of amides is 1. The summed E-state index contributed by atoms with van der Waals surface area (Å²) in [7, 11) is 0. The van der Waals surface area contributed by atoms with E-state index < -0.39 is 0 Å². The van der Waals surface area contributed by atoms with Crippen molar-refractivity contribution in [3.8, 4) is 0 Å². The zero-order valence-electron chi connectivity index (χ0n) is 18.0. The van der Waals surface area contributed by atoms with Gasteiger partial charge in [-0.15, -0.1) is 0 Å². The molecule has 3 rings (SSSR count). The van der Waals surface area contributed by atoms with Gasteiger partial charge in [-0.3, -0.25) is 9.59 Å². The molecule has 0 saturated heterocycles. The van der Waals surface area contributed by atoms with Crippen molar-refractivity contribution in [2.75, 3.05) is 5.32 Å². The maximum atomic E-state index is 13.5. The summed E-state index contributed by atoms with van der Waals surface area (Å²) >= 11 is 13.6. The van der Waals surface area contributed by atoms with E-state index in [1.165, 1.54) is 6.42 Å². The van der Waals surface area contributed by atoms with Crippen LogP contribution in [0, 0.1) is 11.3 Å². The lowest BCUT2D eigenvalue weighted by atomic mass is 9.69. The van der Waals surface area contributed by atoms with Gasteiger partial charge in [0.2, 0.25) is 11.0 Å². The van der Waals surface area contributed by atoms with E-state index >= 15 is 0 Å². The second-order valence-corrected chi connectivity index (χ2v) is 10.6. The Morgan fingerprint density at radius 3 is 2.32 bits per heavy atom. The fourth-order valence-corrected chi connectivity index (χ4v) is 5.33. The summed E-state index contributed by atoms with van der Waals surface area (Å²) in [6, 6.07) is 12.4. The van der Waals surface area contributed by atoms with E-state index in [0.717, 1.165) is 50.3 Å². The van der Waals surface area contributed by atoms with Crippen LogP contribution >= 0.6 is 35.0 Å². The third-order valence-electron chi connectivity index (χ3n) is 5.98. The Kier molecular flexibility index (Phi) is 8.49. The van der Waals surface area contributed by atoms with Crippen molar-refractivity contribution in [3.05, 3.63) is 58.1 Å². The highest BCUT2D eigenvalue weighted by Gasteiger charge is 2.39. The summed E-state index contributed by atoms with van der Waals surface area (Å²) in [6.07, 6.45) is 7.01. The molecule has 0 radical (unpaired) electrons. The van der Waals surface area contributed by atoms with Gasteiger partial charge in [-0.05, 0) is 55.5 Å². The number of hydrogen-bond donors (Lipinski definition) is 1. The summed E-state index contributed by atoms with van der Waals surface area (Å²) in [6.45, 7) is 4.38. The molecule has 0 bridgehead atoms. The van der Waals surface area contributed by atoms with E-state index in [-0.39, 0.29) is 16.4 Å². The Morgan fingerprint density at radius 1 is 1.03 bits per heavy atom. The Bertz CT molecular complexity index is 925. The molecule has 1 aliphatic carbocycles. The molecule has 0 heterocycles. The average Bonchev–Trinajstić information content (AvgIpc) is 2.77. The molecule has 166 valence electrons. The summed E-state index contributed by atoms with van der Waals surface area (Å²) < 4.78 is 0. The molecule has 6 heteroatoms. The molecule has 1 fully saturated rings. The highest BCUT2D eigenvalue weighted by Crippen LogP contribution is 2.43. The predicted octanol–water partition coefficient (Wildman–Crippen LogP) is 8.25. The zero-order chi connectivity index (χ0) is 22.4. The molecule has 1 N–H and O–H groups in total. The van der Waals surface area contributed by atoms with Crippen LogP contribution in [0.5, 0.6) is 0 Å². The van der Waals surface area contributed by atoms with Gasteiger partial charge in [-0.1, -0.05) is 86.6 Å². The molecule has 1 saturated carbocycles. The number of carbonyl (C=O) groups excluding carboxylic acids is 2. The summed E-state index contributed by atoms with van der Waals surface area (Å²) in [5.41, 5.74) is 0.778. The first-order chi connectivity index (χ1) is 14.8. The first-order valence-electron chi connectivity index (χ1n) is 10.9. The molecule has 2 aromatic carbocycles. The van der Waals surface area contributed by atoms with Gasteiger partial charge < -0.3 is 5.32 Å². The maximum Gasteiger partial charge on any atom is 0.230 e. The standard InChI is InChI=1S/C25H29Cl2NO2S/c1-17(2)11-14-25(12-7-4-8-13-25)24(30)28-21-15-19(26)20(27)16-22(21)31-23(29)18-9-5-3-6-10-18/h3,5-6,9-10,15-17H,4,7-8,11-14H2,1-2H3,(H,28,30). The van der Waals surface area contributed by atoms with E-state index in [0.29, 0.717) is 32.1 Å². The molecule has 1 aliphatic rings. The number of benzene rings is 2. The minimum atomic E-state index is -0.361. The van der Waals surface area contributed by atoms with Crippen LogP contribution < -0.4 is 5.32 Å². The van der Waals surface area contributed by atoms with E-state index in [4.69, 9.17) is 23.2 Å². The van der Waals surface area contributed by atoms with Crippen molar-refractivity contribution in [1.82, 2.24) is 0 Å². The van der Waals surface area contributed by atoms with Gasteiger partial charge in [0.25, 0.3) is 0 Å². The Balaban J connectivity index is 1.86. The van der Waals surface area contributed by atoms with E-state index in [1.54, 1.807) is 24.3 Å². The molecule has 3 nitrogen and oxygen atoms in total. The van der Waals surface area contributed by atoms with Gasteiger partial charge in [-0.2, -0.15) is 0 Å². The van der Waals surface area contributed by atoms with Gasteiger partial charge in [0.15, 0.2) is 0 Å². The summed E-state index contributed by atoms with van der Waals surface area (Å²) in [5.74, 6) is 0.575. The topological polar surface area (TPSA) is 46.2 Å². The molecule has 0 unspecified atom stereocenters. The third kappa shape index (κ3) is 6.27. The number of anilines is 1. The van der Waals surface area contributed by atoms with Gasteiger partial charge in [-0.25, -0.2) is 0 Å². The van der Waals surface area contributed by atoms with Crippen molar-refractivity contribution >= 4 is 51.7 Å². The van der Waals surface area contributed by atoms with Crippen molar-refractivity contribution in [2.45, 2.75) is 63.7 Å². The number of rotatable bonds is 7. The Morgan fingerprint density at radius 2 is 1.68 bits per heavy atom. The molecule has 0 aliphatic heterocycles. The quantitative estimate of drug-likeness (QED) is 0.408. The van der Waals surface area contributed by atoms with Crippen molar-refractivity contribution in [3.63, 3.8) is 0 Å². The Hall–Kier alpha value is -1.49. The van der Waals surface area contributed by atoms with Crippen molar-refractivity contribution < 1.29 is 9.59 Å². The zero-order valence-corrected chi connectivity index (χ0v) is 20.4. The number of nitrogens with one attached hydrogen (secondary N) is 1. The molecule has 1 amide bonds. The molecular formula is C25H29Cl2NO2S. The second-order valence-electron chi connectivity index (χ2n) is 8.75. The Labute approximate surface area is 199 Å². The minimum Gasteiger partial charge on any atom is -0.325 e. The van der Waals surface area contributed by atoms with Crippen LogP contribution in [0.25, 0.3) is 0 Å². The lowest BCUT2D eigenvalue weighted by Gasteiger charge is -2.36. The maximum absolute atomic E-state index is 13.5. The van der Waals surface area contributed by atoms with E-state index in [9.17, 15) is 9.59 Å². The lowest BCUT2D eigenvalue weighted by molar-refractivity contribution is -0.128. The summed E-state index contributed by atoms with van der Waals surface area (Å²) in [5, 5.41) is 3.72. The number of thioether (sulfide) groups is 1. The van der Waals surface area contributed by atoms with E-state index in [1.807, 2.05) is 18.2 Å². The van der Waals surface area contributed by atoms with Crippen molar-refractivity contribution in [1.29, 1.82) is 0 Å². The second kappa shape index (κ2) is 10.9. The molecule has 0 atom stereocenters. The normalized spacial score (nSPS) is 15.6. The largest absolute Gasteiger partial charge is 0.325 e. The van der Waals surface area contributed by atoms with Crippen LogP contribution in [0.3, 0.4) is 0 Å². The number of carbonyl (C=O) groups is 2. The van der Waals surface area contributed by atoms with Crippen LogP contribution in [0.1, 0.15) is 69.2 Å². The molecule has 0 spiro atoms. The lowest BCUT2D eigenvalue weighted by Crippen LogP contribution is -2.38. The predicted molar refractivity (Wildman–Crippen MR) is 131 cm³/mol. The third-order valence-corrected chi connectivity index (χ3v) is 7.68. The van der Waals surface area contributed by atoms with Crippen LogP contribution in [0.2, 0.25) is 10.0 Å². The number of halogens is 2. The van der Waals surface area contributed by atoms with E-state index in [2.05, 4.69) is 19.2 Å². The monoisotopic (exact) mass is 477 g/mol. The summed E-state index contributed by atoms with van der Waals surface area (Å²) in [4.78, 5) is 26.9. The highest BCUT2D eigenvalue weighted by atomic mass is 35.5.